The van der Waals surface area contributed by atoms with Gasteiger partial charge in [0.05, 0.1) is 5.69 Å². The summed E-state index contributed by atoms with van der Waals surface area (Å²) in [5, 5.41) is 2.66. The summed E-state index contributed by atoms with van der Waals surface area (Å²) in [5.74, 6) is 0. The van der Waals surface area contributed by atoms with Crippen molar-refractivity contribution in [2.24, 2.45) is 0 Å². The fraction of sp³-hybridized carbons (Fsp3) is 0.125. The van der Waals surface area contributed by atoms with E-state index in [9.17, 15) is 0 Å². The van der Waals surface area contributed by atoms with E-state index in [0.29, 0.717) is 0 Å². The smallest absolute Gasteiger partial charge is 0.0705 e. The maximum Gasteiger partial charge on any atom is 0.0705 e. The Morgan fingerprint density at radius 2 is 1.40 bits per heavy atom. The fourth-order valence-corrected chi connectivity index (χ4v) is 4.48. The summed E-state index contributed by atoms with van der Waals surface area (Å²) in [6.45, 7) is 4.69. The van der Waals surface area contributed by atoms with E-state index < -0.39 is 0 Å². The van der Waals surface area contributed by atoms with Crippen molar-refractivity contribution in [3.63, 3.8) is 0 Å². The van der Waals surface area contributed by atoms with Crippen LogP contribution < -0.4 is 0 Å². The molecule has 0 amide bonds. The molecule has 1 heterocycles. The van der Waals surface area contributed by atoms with Crippen molar-refractivity contribution in [3.05, 3.63) is 90.1 Å². The molecule has 5 rings (SSSR count). The van der Waals surface area contributed by atoms with Crippen molar-refractivity contribution in [3.8, 4) is 22.4 Å². The topological polar surface area (TPSA) is 12.9 Å². The Balaban J connectivity index is 1.88. The van der Waals surface area contributed by atoms with Crippen LogP contribution in [-0.4, -0.2) is 4.98 Å². The molecular weight excluding hydrogens is 302 g/mol. The van der Waals surface area contributed by atoms with Gasteiger partial charge in [0.15, 0.2) is 0 Å². The van der Waals surface area contributed by atoms with Gasteiger partial charge in [0, 0.05) is 17.2 Å². The van der Waals surface area contributed by atoms with Crippen LogP contribution in [0, 0.1) is 0 Å². The molecule has 0 atom stereocenters. The lowest BCUT2D eigenvalue weighted by Crippen LogP contribution is -2.17. The quantitative estimate of drug-likeness (QED) is 0.406. The Hall–Kier alpha value is -2.93. The summed E-state index contributed by atoms with van der Waals surface area (Å²) in [7, 11) is 0. The molecule has 0 unspecified atom stereocenters. The Labute approximate surface area is 148 Å². The van der Waals surface area contributed by atoms with Crippen molar-refractivity contribution in [2.75, 3.05) is 0 Å². The maximum atomic E-state index is 4.62. The van der Waals surface area contributed by atoms with Gasteiger partial charge in [0.2, 0.25) is 0 Å². The van der Waals surface area contributed by atoms with Crippen molar-refractivity contribution in [1.82, 2.24) is 4.98 Å². The van der Waals surface area contributed by atoms with Gasteiger partial charge < -0.3 is 0 Å². The lowest BCUT2D eigenvalue weighted by molar-refractivity contribution is 0.667. The molecule has 1 aliphatic carbocycles. The van der Waals surface area contributed by atoms with E-state index in [4.69, 9.17) is 0 Å². The van der Waals surface area contributed by atoms with Gasteiger partial charge in [-0.2, -0.15) is 0 Å². The minimum absolute atomic E-state index is 0.0559. The van der Waals surface area contributed by atoms with Crippen LogP contribution in [0.1, 0.15) is 25.0 Å². The van der Waals surface area contributed by atoms with E-state index in [1.165, 1.54) is 38.6 Å². The first kappa shape index (κ1) is 14.4. The molecule has 0 fully saturated rings. The summed E-state index contributed by atoms with van der Waals surface area (Å²) in [4.78, 5) is 4.62. The van der Waals surface area contributed by atoms with Crippen molar-refractivity contribution in [1.29, 1.82) is 0 Å². The third kappa shape index (κ3) is 1.93. The average molecular weight is 321 g/mol. The number of pyridine rings is 1. The molecule has 1 heteroatoms. The average Bonchev–Trinajstić information content (AvgIpc) is 2.90. The summed E-state index contributed by atoms with van der Waals surface area (Å²) in [6, 6.07) is 26.0. The molecule has 0 saturated heterocycles. The molecular formula is C24H19N. The number of hydrogen-bond acceptors (Lipinski definition) is 1. The van der Waals surface area contributed by atoms with Crippen LogP contribution in [0.25, 0.3) is 33.2 Å². The van der Waals surface area contributed by atoms with Gasteiger partial charge in [-0.3, -0.25) is 4.98 Å². The number of fused-ring (bicyclic) bond motifs is 5. The second-order valence-corrected chi connectivity index (χ2v) is 7.28. The second-order valence-electron chi connectivity index (χ2n) is 7.28. The van der Waals surface area contributed by atoms with Gasteiger partial charge in [-0.1, -0.05) is 74.5 Å². The highest BCUT2D eigenvalue weighted by Crippen LogP contribution is 2.53. The highest BCUT2D eigenvalue weighted by Gasteiger charge is 2.38. The largest absolute Gasteiger partial charge is 0.256 e. The highest BCUT2D eigenvalue weighted by atomic mass is 14.7. The summed E-state index contributed by atoms with van der Waals surface area (Å²) < 4.78 is 0. The van der Waals surface area contributed by atoms with Crippen molar-refractivity contribution < 1.29 is 0 Å². The zero-order chi connectivity index (χ0) is 17.0. The third-order valence-electron chi connectivity index (χ3n) is 5.47. The molecule has 3 aromatic carbocycles. The van der Waals surface area contributed by atoms with Crippen LogP contribution in [0.3, 0.4) is 0 Å². The molecule has 0 bridgehead atoms. The van der Waals surface area contributed by atoms with Gasteiger partial charge in [0.1, 0.15) is 0 Å². The highest BCUT2D eigenvalue weighted by molar-refractivity contribution is 5.99. The maximum absolute atomic E-state index is 4.62. The Bertz CT molecular complexity index is 1110. The molecule has 0 aliphatic heterocycles. The van der Waals surface area contributed by atoms with Crippen LogP contribution in [0.5, 0.6) is 0 Å². The van der Waals surface area contributed by atoms with Gasteiger partial charge in [0.25, 0.3) is 0 Å². The monoisotopic (exact) mass is 321 g/mol. The van der Waals surface area contributed by atoms with Gasteiger partial charge in [-0.25, -0.2) is 0 Å². The number of benzene rings is 3. The van der Waals surface area contributed by atoms with Crippen LogP contribution >= 0.6 is 0 Å². The number of hydrogen-bond donors (Lipinski definition) is 0. The predicted molar refractivity (Wildman–Crippen MR) is 105 cm³/mol. The molecule has 0 radical (unpaired) electrons. The van der Waals surface area contributed by atoms with Crippen molar-refractivity contribution >= 4 is 10.8 Å². The Morgan fingerprint density at radius 3 is 2.24 bits per heavy atom. The summed E-state index contributed by atoms with van der Waals surface area (Å²) in [6.07, 6.45) is 1.87. The van der Waals surface area contributed by atoms with Gasteiger partial charge in [-0.05, 0) is 45.2 Å². The summed E-state index contributed by atoms with van der Waals surface area (Å²) >= 11 is 0. The second kappa shape index (κ2) is 5.03. The molecule has 4 aromatic rings. The first-order valence-corrected chi connectivity index (χ1v) is 8.75. The normalized spacial score (nSPS) is 14.3. The number of rotatable bonds is 1. The van der Waals surface area contributed by atoms with Gasteiger partial charge in [-0.15, -0.1) is 0 Å². The van der Waals surface area contributed by atoms with Crippen molar-refractivity contribution in [2.45, 2.75) is 19.3 Å². The summed E-state index contributed by atoms with van der Waals surface area (Å²) in [5.41, 5.74) is 7.75. The fourth-order valence-electron chi connectivity index (χ4n) is 4.48. The standard InChI is InChI=1S/C24H19N/c1-24(2)22-17-9-4-3-8-16(17)13-14-19(22)18-10-7-11-20(23(18)24)21-12-5-6-15-25-21/h3-15H,1-2H3. The van der Waals surface area contributed by atoms with E-state index in [1.807, 2.05) is 12.3 Å². The zero-order valence-electron chi connectivity index (χ0n) is 14.5. The van der Waals surface area contributed by atoms with Crippen LogP contribution in [0.4, 0.5) is 0 Å². The Kier molecular flexibility index (Phi) is 2.90. The van der Waals surface area contributed by atoms with Crippen LogP contribution in [0.2, 0.25) is 0 Å². The first-order chi connectivity index (χ1) is 12.2. The van der Waals surface area contributed by atoms with E-state index in [0.717, 1.165) is 5.69 Å². The van der Waals surface area contributed by atoms with Crippen LogP contribution in [-0.2, 0) is 5.41 Å². The van der Waals surface area contributed by atoms with E-state index in [1.54, 1.807) is 0 Å². The van der Waals surface area contributed by atoms with Crippen LogP contribution in [0.15, 0.2) is 79.0 Å². The van der Waals surface area contributed by atoms with E-state index in [-0.39, 0.29) is 5.41 Å². The number of nitrogens with zero attached hydrogens (tertiary/aromatic N) is 1. The number of aromatic nitrogens is 1. The molecule has 1 aliphatic rings. The molecule has 0 spiro atoms. The predicted octanol–water partition coefficient (Wildman–Crippen LogP) is 6.21. The molecule has 0 saturated carbocycles. The Morgan fingerprint density at radius 1 is 0.640 bits per heavy atom. The SMILES string of the molecule is CC1(C)c2c(-c3ccccn3)cccc2-c2ccc3ccccc3c21. The zero-order valence-corrected chi connectivity index (χ0v) is 14.5. The van der Waals surface area contributed by atoms with E-state index >= 15 is 0 Å². The molecule has 0 N–H and O–H groups in total. The lowest BCUT2D eigenvalue weighted by atomic mass is 9.78. The third-order valence-corrected chi connectivity index (χ3v) is 5.47. The molecule has 1 aromatic heterocycles. The minimum Gasteiger partial charge on any atom is -0.256 e. The lowest BCUT2D eigenvalue weighted by Gasteiger charge is -2.25. The first-order valence-electron chi connectivity index (χ1n) is 8.75. The molecule has 25 heavy (non-hydrogen) atoms. The van der Waals surface area contributed by atoms with E-state index in [2.05, 4.69) is 85.6 Å². The minimum atomic E-state index is -0.0559. The van der Waals surface area contributed by atoms with Gasteiger partial charge >= 0.3 is 0 Å². The molecule has 1 nitrogen and oxygen atoms in total. The molecule has 120 valence electrons.